The molecule has 0 bridgehead atoms. The molecule has 2 atom stereocenters. The summed E-state index contributed by atoms with van der Waals surface area (Å²) in [7, 11) is 0. The number of hydrogen-bond donors (Lipinski definition) is 1. The lowest BCUT2D eigenvalue weighted by molar-refractivity contribution is -0.384. The molecule has 2 unspecified atom stereocenters. The van der Waals surface area contributed by atoms with Crippen LogP contribution in [0.3, 0.4) is 0 Å². The SMILES string of the molecule is CCn1ncc([N+](=O)[O-])c1N1CCC(F)C(NC(=O)OC(C)(C)C)CC1. The highest BCUT2D eigenvalue weighted by molar-refractivity contribution is 5.68. The van der Waals surface area contributed by atoms with Crippen molar-refractivity contribution in [3.05, 3.63) is 16.3 Å². The Kier molecular flexibility index (Phi) is 6.04. The van der Waals surface area contributed by atoms with E-state index >= 15 is 0 Å². The van der Waals surface area contributed by atoms with Crippen LogP contribution in [-0.4, -0.2) is 51.7 Å². The van der Waals surface area contributed by atoms with E-state index in [1.807, 2.05) is 6.92 Å². The monoisotopic (exact) mass is 371 g/mol. The molecule has 1 saturated heterocycles. The van der Waals surface area contributed by atoms with E-state index in [0.29, 0.717) is 31.9 Å². The number of halogens is 1. The number of amides is 1. The normalized spacial score (nSPS) is 21.2. The van der Waals surface area contributed by atoms with Gasteiger partial charge >= 0.3 is 11.8 Å². The molecule has 9 nitrogen and oxygen atoms in total. The molecular formula is C16H26FN5O4. The number of alkyl carbamates (subject to hydrolysis) is 1. The largest absolute Gasteiger partial charge is 0.444 e. The molecule has 1 N–H and O–H groups in total. The van der Waals surface area contributed by atoms with Crippen molar-refractivity contribution < 1.29 is 18.8 Å². The van der Waals surface area contributed by atoms with E-state index in [4.69, 9.17) is 4.74 Å². The number of hydrogen-bond acceptors (Lipinski definition) is 6. The van der Waals surface area contributed by atoms with Crippen LogP contribution in [0.1, 0.15) is 40.5 Å². The molecule has 1 aromatic heterocycles. The third-order valence-electron chi connectivity index (χ3n) is 4.11. The van der Waals surface area contributed by atoms with Gasteiger partial charge in [0.15, 0.2) is 0 Å². The van der Waals surface area contributed by atoms with Crippen LogP contribution in [0, 0.1) is 10.1 Å². The number of alkyl halides is 1. The first-order chi connectivity index (χ1) is 12.1. The summed E-state index contributed by atoms with van der Waals surface area (Å²) in [4.78, 5) is 24.5. The van der Waals surface area contributed by atoms with Crippen LogP contribution in [0.4, 0.5) is 20.7 Å². The lowest BCUT2D eigenvalue weighted by Crippen LogP contribution is -2.44. The fourth-order valence-electron chi connectivity index (χ4n) is 2.96. The molecule has 26 heavy (non-hydrogen) atoms. The highest BCUT2D eigenvalue weighted by Crippen LogP contribution is 2.30. The van der Waals surface area contributed by atoms with Gasteiger partial charge < -0.3 is 15.0 Å². The van der Waals surface area contributed by atoms with Crippen LogP contribution in [0.2, 0.25) is 0 Å². The predicted molar refractivity (Wildman–Crippen MR) is 94.1 cm³/mol. The molecule has 146 valence electrons. The van der Waals surface area contributed by atoms with Crippen LogP contribution in [0.5, 0.6) is 0 Å². The van der Waals surface area contributed by atoms with Crippen LogP contribution in [0.25, 0.3) is 0 Å². The number of aromatic nitrogens is 2. The maximum atomic E-state index is 14.5. The third-order valence-corrected chi connectivity index (χ3v) is 4.11. The standard InChI is InChI=1S/C16H26FN5O4/c1-5-21-14(13(10-18-21)22(24)25)20-8-6-11(17)12(7-9-20)19-15(23)26-16(2,3)4/h10-12H,5-9H2,1-4H3,(H,19,23). The van der Waals surface area contributed by atoms with Gasteiger partial charge in [0.25, 0.3) is 0 Å². The Bertz CT molecular complexity index is 658. The number of aryl methyl sites for hydroxylation is 1. The molecule has 0 saturated carbocycles. The molecule has 0 aliphatic carbocycles. The molecule has 0 spiro atoms. The minimum Gasteiger partial charge on any atom is -0.444 e. The van der Waals surface area contributed by atoms with Gasteiger partial charge in [0, 0.05) is 19.6 Å². The molecule has 1 aliphatic rings. The zero-order chi connectivity index (χ0) is 19.5. The van der Waals surface area contributed by atoms with Gasteiger partial charge in [-0.15, -0.1) is 0 Å². The predicted octanol–water partition coefficient (Wildman–Crippen LogP) is 2.64. The van der Waals surface area contributed by atoms with Gasteiger partial charge in [-0.1, -0.05) is 0 Å². The zero-order valence-corrected chi connectivity index (χ0v) is 15.6. The Morgan fingerprint density at radius 2 is 2.12 bits per heavy atom. The van der Waals surface area contributed by atoms with Crippen LogP contribution >= 0.6 is 0 Å². The number of nitro groups is 1. The van der Waals surface area contributed by atoms with Gasteiger partial charge in [0.1, 0.15) is 18.0 Å². The van der Waals surface area contributed by atoms with E-state index in [1.165, 1.54) is 10.9 Å². The van der Waals surface area contributed by atoms with Crippen molar-refractivity contribution in [1.29, 1.82) is 0 Å². The summed E-state index contributed by atoms with van der Waals surface area (Å²) in [5.41, 5.74) is -0.762. The van der Waals surface area contributed by atoms with Crippen molar-refractivity contribution in [2.75, 3.05) is 18.0 Å². The molecule has 1 amide bonds. The first kappa shape index (κ1) is 19.9. The summed E-state index contributed by atoms with van der Waals surface area (Å²) in [6.45, 7) is 8.19. The van der Waals surface area contributed by atoms with Crippen molar-refractivity contribution in [2.24, 2.45) is 0 Å². The number of ether oxygens (including phenoxy) is 1. The Balaban J connectivity index is 2.11. The molecule has 0 aromatic carbocycles. The molecule has 0 radical (unpaired) electrons. The average molecular weight is 371 g/mol. The highest BCUT2D eigenvalue weighted by atomic mass is 19.1. The van der Waals surface area contributed by atoms with Crippen molar-refractivity contribution in [1.82, 2.24) is 15.1 Å². The lowest BCUT2D eigenvalue weighted by atomic mass is 10.1. The molecular weight excluding hydrogens is 345 g/mol. The topological polar surface area (TPSA) is 103 Å². The summed E-state index contributed by atoms with van der Waals surface area (Å²) in [6.07, 6.45) is -0.251. The maximum Gasteiger partial charge on any atom is 0.407 e. The molecule has 10 heteroatoms. The second-order valence-electron chi connectivity index (χ2n) is 7.26. The van der Waals surface area contributed by atoms with Gasteiger partial charge in [-0.05, 0) is 40.5 Å². The Morgan fingerprint density at radius 1 is 1.46 bits per heavy atom. The van der Waals surface area contributed by atoms with Crippen LogP contribution in [-0.2, 0) is 11.3 Å². The second-order valence-corrected chi connectivity index (χ2v) is 7.26. The van der Waals surface area contributed by atoms with Gasteiger partial charge in [-0.3, -0.25) is 10.1 Å². The van der Waals surface area contributed by atoms with Gasteiger partial charge in [0.05, 0.1) is 11.0 Å². The smallest absolute Gasteiger partial charge is 0.407 e. The molecule has 1 aliphatic heterocycles. The van der Waals surface area contributed by atoms with Crippen molar-refractivity contribution >= 4 is 17.6 Å². The Labute approximate surface area is 151 Å². The highest BCUT2D eigenvalue weighted by Gasteiger charge is 2.33. The number of rotatable bonds is 4. The van der Waals surface area contributed by atoms with E-state index in [1.54, 1.807) is 25.7 Å². The zero-order valence-electron chi connectivity index (χ0n) is 15.6. The number of nitrogens with one attached hydrogen (secondary N) is 1. The quantitative estimate of drug-likeness (QED) is 0.645. The molecule has 1 aromatic rings. The minimum absolute atomic E-state index is 0.0965. The first-order valence-corrected chi connectivity index (χ1v) is 8.71. The van der Waals surface area contributed by atoms with Gasteiger partial charge in [-0.2, -0.15) is 5.10 Å². The summed E-state index contributed by atoms with van der Waals surface area (Å²) < 4.78 is 21.2. The number of carbonyl (C=O) groups is 1. The van der Waals surface area contributed by atoms with Crippen LogP contribution in [0.15, 0.2) is 6.20 Å². The van der Waals surface area contributed by atoms with E-state index in [2.05, 4.69) is 10.4 Å². The number of nitrogens with zero attached hydrogens (tertiary/aromatic N) is 4. The van der Waals surface area contributed by atoms with Crippen LogP contribution < -0.4 is 10.2 Å². The average Bonchev–Trinajstić information content (AvgIpc) is 2.87. The fourth-order valence-corrected chi connectivity index (χ4v) is 2.96. The summed E-state index contributed by atoms with van der Waals surface area (Å²) in [5.74, 6) is 0.377. The lowest BCUT2D eigenvalue weighted by Gasteiger charge is -2.24. The summed E-state index contributed by atoms with van der Waals surface area (Å²) >= 11 is 0. The first-order valence-electron chi connectivity index (χ1n) is 8.71. The van der Waals surface area contributed by atoms with Gasteiger partial charge in [0.2, 0.25) is 5.82 Å². The second kappa shape index (κ2) is 7.88. The molecule has 1 fully saturated rings. The third kappa shape index (κ3) is 4.83. The van der Waals surface area contributed by atoms with E-state index in [9.17, 15) is 19.3 Å². The fraction of sp³-hybridized carbons (Fsp3) is 0.750. The Hall–Kier alpha value is -2.39. The minimum atomic E-state index is -1.26. The summed E-state index contributed by atoms with van der Waals surface area (Å²) in [5, 5.41) is 17.9. The summed E-state index contributed by atoms with van der Waals surface area (Å²) in [6, 6.07) is -0.702. The van der Waals surface area contributed by atoms with E-state index < -0.39 is 28.8 Å². The van der Waals surface area contributed by atoms with Gasteiger partial charge in [-0.25, -0.2) is 13.9 Å². The van der Waals surface area contributed by atoms with Crippen molar-refractivity contribution in [2.45, 2.75) is 64.9 Å². The van der Waals surface area contributed by atoms with Crippen molar-refractivity contribution in [3.8, 4) is 0 Å². The number of carbonyl (C=O) groups excluding carboxylic acids is 1. The maximum absolute atomic E-state index is 14.5. The molecule has 2 heterocycles. The molecule has 2 rings (SSSR count). The van der Waals surface area contributed by atoms with E-state index in [-0.39, 0.29) is 12.1 Å². The number of anilines is 1. The van der Waals surface area contributed by atoms with Crippen molar-refractivity contribution in [3.63, 3.8) is 0 Å². The van der Waals surface area contributed by atoms with E-state index in [0.717, 1.165) is 0 Å². The Morgan fingerprint density at radius 3 is 2.69 bits per heavy atom.